The largest absolute Gasteiger partial charge is 0.504 e. The van der Waals surface area contributed by atoms with Crippen molar-refractivity contribution >= 4 is 0 Å². The fraction of sp³-hybridized carbons (Fsp3) is 0.400. The minimum absolute atomic E-state index is 0.00726. The molecule has 5 nitrogen and oxygen atoms in total. The number of aryl methyl sites for hydroxylation is 1. The van der Waals surface area contributed by atoms with Gasteiger partial charge in [-0.05, 0) is 66.5 Å². The van der Waals surface area contributed by atoms with Gasteiger partial charge in [0.1, 0.15) is 0 Å². The molecule has 0 saturated carbocycles. The van der Waals surface area contributed by atoms with Gasteiger partial charge in [-0.2, -0.15) is 0 Å². The molecule has 0 aromatic heterocycles. The normalized spacial score (nSPS) is 14.8. The Labute approximate surface area is 147 Å². The summed E-state index contributed by atoms with van der Waals surface area (Å²) < 4.78 is 0. The fourth-order valence-electron chi connectivity index (χ4n) is 3.07. The summed E-state index contributed by atoms with van der Waals surface area (Å²) >= 11 is 0. The van der Waals surface area contributed by atoms with Crippen molar-refractivity contribution in [2.45, 2.75) is 39.2 Å². The second kappa shape index (κ2) is 8.12. The standard InChI is InChI=1S/C20H26O5/c1-12(3-4-14-5-7-16(21)18(23)10-14)9-13(2)20(25)15-6-8-17(22)19(24)11-15/h5-8,10-13,20-25H,3-4,9H2,1-2H3. The number of aromatic hydroxyl groups is 4. The average Bonchev–Trinajstić information content (AvgIpc) is 2.57. The van der Waals surface area contributed by atoms with Crippen LogP contribution in [0.25, 0.3) is 0 Å². The molecule has 0 aliphatic carbocycles. The Morgan fingerprint density at radius 3 is 2.00 bits per heavy atom. The van der Waals surface area contributed by atoms with E-state index in [0.29, 0.717) is 11.5 Å². The molecule has 5 heteroatoms. The van der Waals surface area contributed by atoms with Gasteiger partial charge in [-0.3, -0.25) is 0 Å². The first-order chi connectivity index (χ1) is 11.8. The van der Waals surface area contributed by atoms with Gasteiger partial charge in [-0.1, -0.05) is 26.0 Å². The van der Waals surface area contributed by atoms with Crippen LogP contribution in [-0.4, -0.2) is 25.5 Å². The molecule has 0 aliphatic heterocycles. The van der Waals surface area contributed by atoms with Gasteiger partial charge in [-0.15, -0.1) is 0 Å². The highest BCUT2D eigenvalue weighted by atomic mass is 16.3. The van der Waals surface area contributed by atoms with E-state index in [0.717, 1.165) is 24.8 Å². The molecule has 25 heavy (non-hydrogen) atoms. The molecule has 136 valence electrons. The predicted molar refractivity (Wildman–Crippen MR) is 95.8 cm³/mol. The van der Waals surface area contributed by atoms with Gasteiger partial charge in [0.15, 0.2) is 23.0 Å². The van der Waals surface area contributed by atoms with Crippen molar-refractivity contribution in [2.24, 2.45) is 11.8 Å². The van der Waals surface area contributed by atoms with Crippen LogP contribution in [0.2, 0.25) is 0 Å². The number of benzene rings is 2. The van der Waals surface area contributed by atoms with E-state index in [9.17, 15) is 25.5 Å². The Balaban J connectivity index is 1.89. The SMILES string of the molecule is CC(CCc1ccc(O)c(O)c1)CC(C)C(O)c1ccc(O)c(O)c1. The number of aliphatic hydroxyl groups excluding tert-OH is 1. The van der Waals surface area contributed by atoms with Crippen LogP contribution in [0.4, 0.5) is 0 Å². The van der Waals surface area contributed by atoms with Crippen LogP contribution >= 0.6 is 0 Å². The van der Waals surface area contributed by atoms with Gasteiger partial charge in [0.25, 0.3) is 0 Å². The summed E-state index contributed by atoms with van der Waals surface area (Å²) in [6, 6.07) is 9.22. The maximum Gasteiger partial charge on any atom is 0.157 e. The van der Waals surface area contributed by atoms with E-state index in [1.807, 2.05) is 6.92 Å². The molecule has 0 bridgehead atoms. The van der Waals surface area contributed by atoms with Crippen LogP contribution in [0.15, 0.2) is 36.4 Å². The third-order valence-electron chi connectivity index (χ3n) is 4.62. The Bertz CT molecular complexity index is 713. The molecule has 0 heterocycles. The van der Waals surface area contributed by atoms with Crippen LogP contribution < -0.4 is 0 Å². The highest BCUT2D eigenvalue weighted by molar-refractivity contribution is 5.41. The zero-order valence-corrected chi connectivity index (χ0v) is 14.6. The van der Waals surface area contributed by atoms with Crippen molar-refractivity contribution in [1.29, 1.82) is 0 Å². The van der Waals surface area contributed by atoms with E-state index in [1.54, 1.807) is 18.2 Å². The summed E-state index contributed by atoms with van der Waals surface area (Å²) in [7, 11) is 0. The van der Waals surface area contributed by atoms with Crippen molar-refractivity contribution in [3.8, 4) is 23.0 Å². The van der Waals surface area contributed by atoms with Crippen molar-refractivity contribution in [2.75, 3.05) is 0 Å². The molecule has 0 aliphatic rings. The van der Waals surface area contributed by atoms with Gasteiger partial charge in [0.2, 0.25) is 0 Å². The zero-order chi connectivity index (χ0) is 18.6. The molecule has 2 aromatic carbocycles. The molecule has 5 N–H and O–H groups in total. The third kappa shape index (κ3) is 5.03. The van der Waals surface area contributed by atoms with Crippen molar-refractivity contribution in [3.05, 3.63) is 47.5 Å². The summed E-state index contributed by atoms with van der Waals surface area (Å²) in [4.78, 5) is 0. The molecule has 2 rings (SSSR count). The minimum atomic E-state index is -0.716. The van der Waals surface area contributed by atoms with Gasteiger partial charge >= 0.3 is 0 Å². The van der Waals surface area contributed by atoms with Gasteiger partial charge < -0.3 is 25.5 Å². The van der Waals surface area contributed by atoms with E-state index >= 15 is 0 Å². The summed E-state index contributed by atoms with van der Waals surface area (Å²) in [5, 5.41) is 48.2. The van der Waals surface area contributed by atoms with E-state index in [-0.39, 0.29) is 28.9 Å². The maximum atomic E-state index is 10.5. The van der Waals surface area contributed by atoms with Crippen LogP contribution in [0.1, 0.15) is 43.9 Å². The number of phenols is 4. The lowest BCUT2D eigenvalue weighted by Crippen LogP contribution is -2.13. The molecule has 0 spiro atoms. The van der Waals surface area contributed by atoms with E-state index < -0.39 is 6.10 Å². The van der Waals surface area contributed by atoms with Gasteiger partial charge in [0.05, 0.1) is 6.10 Å². The van der Waals surface area contributed by atoms with Gasteiger partial charge in [-0.25, -0.2) is 0 Å². The molecule has 0 saturated heterocycles. The first-order valence-corrected chi connectivity index (χ1v) is 8.48. The summed E-state index contributed by atoms with van der Waals surface area (Å²) in [5.41, 5.74) is 1.54. The number of aliphatic hydroxyl groups is 1. The predicted octanol–water partition coefficient (Wildman–Crippen LogP) is 3.84. The molecule has 0 amide bonds. The highest BCUT2D eigenvalue weighted by Gasteiger charge is 2.20. The molecule has 3 atom stereocenters. The lowest BCUT2D eigenvalue weighted by atomic mass is 9.86. The first-order valence-electron chi connectivity index (χ1n) is 8.48. The maximum absolute atomic E-state index is 10.5. The van der Waals surface area contributed by atoms with Crippen LogP contribution in [-0.2, 0) is 6.42 Å². The smallest absolute Gasteiger partial charge is 0.157 e. The average molecular weight is 346 g/mol. The lowest BCUT2D eigenvalue weighted by molar-refractivity contribution is 0.102. The topological polar surface area (TPSA) is 101 Å². The fourth-order valence-corrected chi connectivity index (χ4v) is 3.07. The van der Waals surface area contributed by atoms with E-state index in [1.165, 1.54) is 18.2 Å². The number of hydrogen-bond acceptors (Lipinski definition) is 5. The van der Waals surface area contributed by atoms with Crippen LogP contribution in [0, 0.1) is 11.8 Å². The quantitative estimate of drug-likeness (QED) is 0.490. The number of rotatable bonds is 7. The Hall–Kier alpha value is -2.40. The van der Waals surface area contributed by atoms with Crippen LogP contribution in [0.3, 0.4) is 0 Å². The molecule has 3 unspecified atom stereocenters. The highest BCUT2D eigenvalue weighted by Crippen LogP contribution is 2.33. The van der Waals surface area contributed by atoms with Gasteiger partial charge in [0, 0.05) is 0 Å². The Morgan fingerprint density at radius 2 is 1.40 bits per heavy atom. The van der Waals surface area contributed by atoms with E-state index in [4.69, 9.17) is 0 Å². The second-order valence-corrected chi connectivity index (χ2v) is 6.87. The first kappa shape index (κ1) is 18.9. The Morgan fingerprint density at radius 1 is 0.800 bits per heavy atom. The number of hydrogen-bond donors (Lipinski definition) is 5. The third-order valence-corrected chi connectivity index (χ3v) is 4.62. The summed E-state index contributed by atoms with van der Waals surface area (Å²) in [6.45, 7) is 4.06. The van der Waals surface area contributed by atoms with E-state index in [2.05, 4.69) is 6.92 Å². The Kier molecular flexibility index (Phi) is 6.15. The summed E-state index contributed by atoms with van der Waals surface area (Å²) in [5.74, 6) is -0.316. The van der Waals surface area contributed by atoms with Crippen molar-refractivity contribution in [1.82, 2.24) is 0 Å². The van der Waals surface area contributed by atoms with Crippen molar-refractivity contribution in [3.63, 3.8) is 0 Å². The minimum Gasteiger partial charge on any atom is -0.504 e. The van der Waals surface area contributed by atoms with Crippen LogP contribution in [0.5, 0.6) is 23.0 Å². The zero-order valence-electron chi connectivity index (χ0n) is 14.6. The molecule has 0 radical (unpaired) electrons. The lowest BCUT2D eigenvalue weighted by Gasteiger charge is -2.23. The molecular weight excluding hydrogens is 320 g/mol. The molecular formula is C20H26O5. The molecule has 0 fully saturated rings. The second-order valence-electron chi connectivity index (χ2n) is 6.87. The summed E-state index contributed by atoms with van der Waals surface area (Å²) in [6.07, 6.45) is 1.75. The monoisotopic (exact) mass is 346 g/mol. The number of phenolic OH excluding ortho intramolecular Hbond substituents is 4. The molecule has 2 aromatic rings. The van der Waals surface area contributed by atoms with Crippen molar-refractivity contribution < 1.29 is 25.5 Å².